The highest BCUT2D eigenvalue weighted by atomic mass is 35.5. The molecule has 0 spiro atoms. The van der Waals surface area contributed by atoms with Gasteiger partial charge in [0.25, 0.3) is 0 Å². The van der Waals surface area contributed by atoms with Gasteiger partial charge in [0.05, 0.1) is 0 Å². The number of aliphatic hydroxyl groups is 1. The zero-order valence-corrected chi connectivity index (χ0v) is 18.5. The summed E-state index contributed by atoms with van der Waals surface area (Å²) >= 11 is 0. The molecule has 162 valence electrons. The Hall–Kier alpha value is -2.66. The zero-order valence-electron chi connectivity index (χ0n) is 17.7. The minimum absolute atomic E-state index is 0. The van der Waals surface area contributed by atoms with Gasteiger partial charge in [-0.2, -0.15) is 0 Å². The number of hydrogen-bond acceptors (Lipinski definition) is 4. The summed E-state index contributed by atoms with van der Waals surface area (Å²) in [7, 11) is 0. The van der Waals surface area contributed by atoms with E-state index in [1.165, 1.54) is 16.7 Å². The largest absolute Gasteiger partial charge is 0.392 e. The molecule has 4 rings (SSSR count). The van der Waals surface area contributed by atoms with E-state index in [1.807, 2.05) is 30.3 Å². The lowest BCUT2D eigenvalue weighted by atomic mass is 10.1. The lowest BCUT2D eigenvalue weighted by Gasteiger charge is -2.16. The summed E-state index contributed by atoms with van der Waals surface area (Å²) in [6.07, 6.45) is 1.43. The Balaban J connectivity index is 0.00000272. The molecule has 3 aromatic rings. The number of rotatable bonds is 9. The Kier molecular flexibility index (Phi) is 8.24. The van der Waals surface area contributed by atoms with E-state index in [9.17, 15) is 5.11 Å². The summed E-state index contributed by atoms with van der Waals surface area (Å²) in [5.41, 5.74) is 6.65. The summed E-state index contributed by atoms with van der Waals surface area (Å²) in [4.78, 5) is 5.55. The van der Waals surface area contributed by atoms with Crippen molar-refractivity contribution in [2.45, 2.75) is 31.9 Å². The number of benzene rings is 3. The van der Waals surface area contributed by atoms with Gasteiger partial charge in [-0.1, -0.05) is 84.0 Å². The summed E-state index contributed by atoms with van der Waals surface area (Å²) < 4.78 is 0. The van der Waals surface area contributed by atoms with Crippen molar-refractivity contribution in [1.82, 2.24) is 5.32 Å². The van der Waals surface area contributed by atoms with Crippen LogP contribution in [-0.4, -0.2) is 36.1 Å². The van der Waals surface area contributed by atoms with Crippen molar-refractivity contribution in [2.24, 2.45) is 5.16 Å². The SMILES string of the molecule is CC(CCc1ccccc1)NCC(O)CON=C1c2ccccc2-c2ccccc21.Cl. The Labute approximate surface area is 190 Å². The zero-order chi connectivity index (χ0) is 20.8. The first kappa shape index (κ1) is 23.0. The second kappa shape index (κ2) is 11.1. The molecule has 5 heteroatoms. The fourth-order valence-electron chi connectivity index (χ4n) is 3.81. The number of nitrogens with zero attached hydrogens (tertiary/aromatic N) is 1. The monoisotopic (exact) mass is 436 g/mol. The molecule has 0 amide bonds. The van der Waals surface area contributed by atoms with Gasteiger partial charge in [0.1, 0.15) is 18.4 Å². The van der Waals surface area contributed by atoms with Crippen LogP contribution < -0.4 is 5.32 Å². The van der Waals surface area contributed by atoms with Gasteiger partial charge in [0.15, 0.2) is 0 Å². The molecule has 0 saturated carbocycles. The predicted octanol–water partition coefficient (Wildman–Crippen LogP) is 4.83. The van der Waals surface area contributed by atoms with Crippen molar-refractivity contribution in [2.75, 3.05) is 13.2 Å². The van der Waals surface area contributed by atoms with Gasteiger partial charge in [-0.05, 0) is 36.5 Å². The maximum absolute atomic E-state index is 10.3. The number of halogens is 1. The number of hydrogen-bond donors (Lipinski definition) is 2. The normalized spacial score (nSPS) is 13.5. The molecule has 0 heterocycles. The van der Waals surface area contributed by atoms with Gasteiger partial charge in [-0.25, -0.2) is 0 Å². The van der Waals surface area contributed by atoms with E-state index < -0.39 is 6.10 Å². The number of fused-ring (bicyclic) bond motifs is 3. The molecule has 0 aliphatic heterocycles. The van der Waals surface area contributed by atoms with Crippen molar-refractivity contribution >= 4 is 18.1 Å². The smallest absolute Gasteiger partial charge is 0.144 e. The van der Waals surface area contributed by atoms with Crippen LogP contribution in [0.15, 0.2) is 84.0 Å². The quantitative estimate of drug-likeness (QED) is 0.369. The summed E-state index contributed by atoms with van der Waals surface area (Å²) in [5.74, 6) is 0. The first-order valence-corrected chi connectivity index (χ1v) is 10.6. The van der Waals surface area contributed by atoms with E-state index >= 15 is 0 Å². The molecule has 0 bridgehead atoms. The molecule has 0 saturated heterocycles. The molecule has 0 fully saturated rings. The van der Waals surface area contributed by atoms with Gasteiger partial charge in [-0.3, -0.25) is 0 Å². The first-order valence-electron chi connectivity index (χ1n) is 10.6. The highest BCUT2D eigenvalue weighted by Crippen LogP contribution is 2.36. The number of aliphatic hydroxyl groups excluding tert-OH is 1. The molecule has 2 unspecified atom stereocenters. The average molecular weight is 437 g/mol. The van der Waals surface area contributed by atoms with Crippen molar-refractivity contribution in [1.29, 1.82) is 0 Å². The Bertz CT molecular complexity index is 960. The molecule has 31 heavy (non-hydrogen) atoms. The van der Waals surface area contributed by atoms with Crippen LogP contribution >= 0.6 is 12.4 Å². The van der Waals surface area contributed by atoms with Crippen LogP contribution in [0.25, 0.3) is 11.1 Å². The van der Waals surface area contributed by atoms with E-state index in [4.69, 9.17) is 4.84 Å². The van der Waals surface area contributed by atoms with Gasteiger partial charge < -0.3 is 15.3 Å². The van der Waals surface area contributed by atoms with Crippen molar-refractivity contribution in [3.63, 3.8) is 0 Å². The van der Waals surface area contributed by atoms with E-state index in [1.54, 1.807) is 0 Å². The molecule has 1 aliphatic carbocycles. The van der Waals surface area contributed by atoms with Gasteiger partial charge in [0.2, 0.25) is 0 Å². The van der Waals surface area contributed by atoms with Crippen LogP contribution in [0.3, 0.4) is 0 Å². The fraction of sp³-hybridized carbons (Fsp3) is 0.269. The van der Waals surface area contributed by atoms with E-state index in [0.29, 0.717) is 12.6 Å². The fourth-order valence-corrected chi connectivity index (χ4v) is 3.81. The third-order valence-corrected chi connectivity index (χ3v) is 5.49. The van der Waals surface area contributed by atoms with Crippen molar-refractivity contribution in [3.8, 4) is 11.1 Å². The first-order chi connectivity index (χ1) is 14.7. The minimum atomic E-state index is -0.611. The molecule has 1 aliphatic rings. The lowest BCUT2D eigenvalue weighted by molar-refractivity contribution is 0.0392. The molecule has 0 radical (unpaired) electrons. The predicted molar refractivity (Wildman–Crippen MR) is 129 cm³/mol. The third kappa shape index (κ3) is 5.73. The van der Waals surface area contributed by atoms with Gasteiger partial charge in [0, 0.05) is 23.7 Å². The highest BCUT2D eigenvalue weighted by Gasteiger charge is 2.24. The lowest BCUT2D eigenvalue weighted by Crippen LogP contribution is -2.36. The van der Waals surface area contributed by atoms with Crippen LogP contribution in [-0.2, 0) is 11.3 Å². The second-order valence-corrected chi connectivity index (χ2v) is 7.81. The standard InChI is InChI=1S/C26H28N2O2.ClH/c1-19(15-16-20-9-3-2-4-10-20)27-17-21(29)18-30-28-26-24-13-7-5-11-22(24)23-12-6-8-14-25(23)26;/h2-14,19,21,27,29H,15-18H2,1H3;1H. The molecule has 2 N–H and O–H groups in total. The van der Waals surface area contributed by atoms with Crippen LogP contribution in [0.2, 0.25) is 0 Å². The summed E-state index contributed by atoms with van der Waals surface area (Å²) in [6, 6.07) is 27.2. The van der Waals surface area contributed by atoms with Crippen LogP contribution in [0, 0.1) is 0 Å². The van der Waals surface area contributed by atoms with Crippen molar-refractivity contribution in [3.05, 3.63) is 95.6 Å². The molecule has 2 atom stereocenters. The molecule has 4 nitrogen and oxygen atoms in total. The maximum atomic E-state index is 10.3. The van der Waals surface area contributed by atoms with Gasteiger partial charge >= 0.3 is 0 Å². The van der Waals surface area contributed by atoms with Crippen LogP contribution in [0.1, 0.15) is 30.0 Å². The molecular weight excluding hydrogens is 408 g/mol. The van der Waals surface area contributed by atoms with E-state index in [-0.39, 0.29) is 19.0 Å². The third-order valence-electron chi connectivity index (χ3n) is 5.49. The Morgan fingerprint density at radius 1 is 0.839 bits per heavy atom. The molecule has 0 aromatic heterocycles. The second-order valence-electron chi connectivity index (χ2n) is 7.81. The number of nitrogens with one attached hydrogen (secondary N) is 1. The number of oxime groups is 1. The molecular formula is C26H29ClN2O2. The summed E-state index contributed by atoms with van der Waals surface area (Å²) in [6.45, 7) is 2.78. The van der Waals surface area contributed by atoms with Gasteiger partial charge in [-0.15, -0.1) is 12.4 Å². The van der Waals surface area contributed by atoms with E-state index in [2.05, 4.69) is 65.9 Å². The van der Waals surface area contributed by atoms with Crippen molar-refractivity contribution < 1.29 is 9.94 Å². The van der Waals surface area contributed by atoms with E-state index in [0.717, 1.165) is 29.7 Å². The Morgan fingerprint density at radius 3 is 2.00 bits per heavy atom. The Morgan fingerprint density at radius 2 is 1.39 bits per heavy atom. The topological polar surface area (TPSA) is 53.8 Å². The summed E-state index contributed by atoms with van der Waals surface area (Å²) in [5, 5.41) is 18.1. The average Bonchev–Trinajstić information content (AvgIpc) is 3.11. The van der Waals surface area contributed by atoms with Crippen LogP contribution in [0.5, 0.6) is 0 Å². The maximum Gasteiger partial charge on any atom is 0.144 e. The van der Waals surface area contributed by atoms with Crippen LogP contribution in [0.4, 0.5) is 0 Å². The highest BCUT2D eigenvalue weighted by molar-refractivity contribution is 6.24. The minimum Gasteiger partial charge on any atom is -0.392 e. The molecule has 3 aromatic carbocycles. The number of aryl methyl sites for hydroxylation is 1.